The van der Waals surface area contributed by atoms with E-state index in [1.54, 1.807) is 35.2 Å². The topological polar surface area (TPSA) is 35.6 Å². The molecule has 4 nitrogen and oxygen atoms in total. The van der Waals surface area contributed by atoms with Gasteiger partial charge >= 0.3 is 6.03 Å². The second-order valence-electron chi connectivity index (χ2n) is 8.99. The number of likely N-dealkylation sites (tertiary alicyclic amines) is 1. The Kier molecular flexibility index (Phi) is 6.47. The third kappa shape index (κ3) is 4.63. The second kappa shape index (κ2) is 9.38. The van der Waals surface area contributed by atoms with Crippen LogP contribution in [0.15, 0.2) is 60.7 Å². The molecule has 0 aliphatic carbocycles. The van der Waals surface area contributed by atoms with Crippen molar-refractivity contribution in [3.63, 3.8) is 0 Å². The van der Waals surface area contributed by atoms with E-state index in [0.29, 0.717) is 22.3 Å². The number of benzene rings is 3. The monoisotopic (exact) mass is 517 g/mol. The predicted octanol–water partition coefficient (Wildman–Crippen LogP) is 7.37. The number of nitrogens with one attached hydrogen (secondary N) is 1. The number of fused-ring (bicyclic) bond motifs is 2. The van der Waals surface area contributed by atoms with Gasteiger partial charge in [0.15, 0.2) is 0 Å². The van der Waals surface area contributed by atoms with Gasteiger partial charge in [0.1, 0.15) is 5.82 Å². The summed E-state index contributed by atoms with van der Waals surface area (Å²) in [6, 6.07) is 17.3. The van der Waals surface area contributed by atoms with Gasteiger partial charge in [-0.2, -0.15) is 0 Å². The SMILES string of the molecule is O=C(Nc1ccc(Cl)c(Cl)c1)N1CC2(CCN(Cc3cccc(Cl)c3)CC2)c2cc(F)ccc21. The van der Waals surface area contributed by atoms with E-state index in [1.807, 2.05) is 18.2 Å². The van der Waals surface area contributed by atoms with Crippen LogP contribution in [0.3, 0.4) is 0 Å². The Labute approximate surface area is 213 Å². The van der Waals surface area contributed by atoms with Crippen LogP contribution in [-0.4, -0.2) is 30.6 Å². The lowest BCUT2D eigenvalue weighted by Crippen LogP contribution is -2.46. The van der Waals surface area contributed by atoms with Crippen LogP contribution in [0.1, 0.15) is 24.0 Å². The number of halogens is 4. The van der Waals surface area contributed by atoms with E-state index in [-0.39, 0.29) is 17.3 Å². The highest BCUT2D eigenvalue weighted by Crippen LogP contribution is 2.47. The molecular weight excluding hydrogens is 496 g/mol. The molecule has 1 fully saturated rings. The third-order valence-corrected chi connectivity index (χ3v) is 7.78. The normalized spacial score (nSPS) is 17.1. The Hall–Kier alpha value is -2.31. The molecule has 0 atom stereocenters. The summed E-state index contributed by atoms with van der Waals surface area (Å²) in [5, 5.41) is 4.42. The van der Waals surface area contributed by atoms with E-state index < -0.39 is 0 Å². The molecule has 2 aliphatic rings. The molecule has 0 aromatic heterocycles. The lowest BCUT2D eigenvalue weighted by molar-refractivity contribution is 0.160. The lowest BCUT2D eigenvalue weighted by Gasteiger charge is -2.40. The Morgan fingerprint density at radius 1 is 0.971 bits per heavy atom. The first kappa shape index (κ1) is 23.4. The van der Waals surface area contributed by atoms with E-state index in [0.717, 1.165) is 48.7 Å². The zero-order valence-electron chi connectivity index (χ0n) is 18.3. The van der Waals surface area contributed by atoms with Crippen molar-refractivity contribution in [3.05, 3.63) is 92.7 Å². The van der Waals surface area contributed by atoms with Gasteiger partial charge in [-0.05, 0) is 85.6 Å². The average Bonchev–Trinajstić information content (AvgIpc) is 3.11. The fourth-order valence-corrected chi connectivity index (χ4v) is 5.56. The number of urea groups is 1. The van der Waals surface area contributed by atoms with Crippen molar-refractivity contribution < 1.29 is 9.18 Å². The summed E-state index contributed by atoms with van der Waals surface area (Å²) in [6.45, 7) is 3.02. The maximum Gasteiger partial charge on any atom is 0.326 e. The minimum absolute atomic E-state index is 0.274. The van der Waals surface area contributed by atoms with Crippen molar-refractivity contribution in [2.45, 2.75) is 24.8 Å². The number of hydrogen-bond acceptors (Lipinski definition) is 2. The van der Waals surface area contributed by atoms with Gasteiger partial charge in [-0.25, -0.2) is 9.18 Å². The second-order valence-corrected chi connectivity index (χ2v) is 10.2. The van der Waals surface area contributed by atoms with Crippen molar-refractivity contribution in [2.24, 2.45) is 0 Å². The van der Waals surface area contributed by atoms with Gasteiger partial charge in [0, 0.05) is 34.9 Å². The third-order valence-electron chi connectivity index (χ3n) is 6.81. The van der Waals surface area contributed by atoms with Crippen LogP contribution in [0.4, 0.5) is 20.6 Å². The number of carbonyl (C=O) groups is 1. The van der Waals surface area contributed by atoms with Gasteiger partial charge in [0.25, 0.3) is 0 Å². The summed E-state index contributed by atoms with van der Waals surface area (Å²) in [5.41, 5.74) is 3.10. The van der Waals surface area contributed by atoms with E-state index in [2.05, 4.69) is 16.3 Å². The molecule has 0 unspecified atom stereocenters. The summed E-state index contributed by atoms with van der Waals surface area (Å²) in [4.78, 5) is 17.3. The number of carbonyl (C=O) groups excluding carboxylic acids is 1. The summed E-state index contributed by atoms with van der Waals surface area (Å²) in [5.74, 6) is -0.286. The fourth-order valence-electron chi connectivity index (χ4n) is 5.05. The van der Waals surface area contributed by atoms with Gasteiger partial charge in [-0.1, -0.05) is 46.9 Å². The lowest BCUT2D eigenvalue weighted by atomic mass is 9.74. The Bertz CT molecular complexity index is 1240. The van der Waals surface area contributed by atoms with Gasteiger partial charge in [0.05, 0.1) is 10.0 Å². The summed E-state index contributed by atoms with van der Waals surface area (Å²) in [6.07, 6.45) is 1.67. The number of nitrogens with zero attached hydrogens (tertiary/aromatic N) is 2. The highest BCUT2D eigenvalue weighted by molar-refractivity contribution is 6.42. The molecule has 3 aromatic carbocycles. The molecule has 2 amide bonds. The Balaban J connectivity index is 1.34. The predicted molar refractivity (Wildman–Crippen MR) is 137 cm³/mol. The molecule has 34 heavy (non-hydrogen) atoms. The summed E-state index contributed by atoms with van der Waals surface area (Å²) in [7, 11) is 0. The molecule has 1 saturated heterocycles. The van der Waals surface area contributed by atoms with Crippen LogP contribution >= 0.6 is 34.8 Å². The highest BCUT2D eigenvalue weighted by Gasteiger charge is 2.46. The molecular formula is C26H23Cl3FN3O. The van der Waals surface area contributed by atoms with Crippen LogP contribution in [0.25, 0.3) is 0 Å². The zero-order valence-corrected chi connectivity index (χ0v) is 20.6. The Morgan fingerprint density at radius 2 is 1.76 bits per heavy atom. The molecule has 8 heteroatoms. The molecule has 3 aromatic rings. The summed E-state index contributed by atoms with van der Waals surface area (Å²) < 4.78 is 14.3. The first-order valence-corrected chi connectivity index (χ1v) is 12.3. The van der Waals surface area contributed by atoms with E-state index >= 15 is 0 Å². The van der Waals surface area contributed by atoms with Gasteiger partial charge < -0.3 is 5.32 Å². The number of piperidine rings is 1. The van der Waals surface area contributed by atoms with Gasteiger partial charge in [0.2, 0.25) is 0 Å². The van der Waals surface area contributed by atoms with Crippen LogP contribution in [-0.2, 0) is 12.0 Å². The minimum atomic E-state index is -0.286. The van der Waals surface area contributed by atoms with Gasteiger partial charge in [-0.3, -0.25) is 9.80 Å². The van der Waals surface area contributed by atoms with Crippen molar-refractivity contribution in [2.75, 3.05) is 29.9 Å². The molecule has 0 radical (unpaired) electrons. The maximum atomic E-state index is 14.3. The van der Waals surface area contributed by atoms with Crippen molar-refractivity contribution in [1.29, 1.82) is 0 Å². The number of amides is 2. The first-order chi connectivity index (χ1) is 16.3. The largest absolute Gasteiger partial charge is 0.326 e. The standard InChI is InChI=1S/C26H23Cl3FN3O/c27-18-3-1-2-17(12-18)15-32-10-8-26(9-11-32)16-33(24-7-4-19(30)13-21(24)26)25(34)31-20-5-6-22(28)23(29)14-20/h1-7,12-14H,8-11,15-16H2,(H,31,34). The molecule has 0 saturated carbocycles. The molecule has 5 rings (SSSR count). The first-order valence-electron chi connectivity index (χ1n) is 11.1. The van der Waals surface area contributed by atoms with E-state index in [4.69, 9.17) is 34.8 Å². The molecule has 2 heterocycles. The zero-order chi connectivity index (χ0) is 23.9. The van der Waals surface area contributed by atoms with Crippen molar-refractivity contribution >= 4 is 52.2 Å². The molecule has 1 N–H and O–H groups in total. The number of anilines is 2. The van der Waals surface area contributed by atoms with Crippen LogP contribution in [0.2, 0.25) is 15.1 Å². The van der Waals surface area contributed by atoms with Crippen LogP contribution < -0.4 is 10.2 Å². The van der Waals surface area contributed by atoms with Crippen LogP contribution in [0, 0.1) is 5.82 Å². The molecule has 0 bridgehead atoms. The molecule has 2 aliphatic heterocycles. The Morgan fingerprint density at radius 3 is 2.50 bits per heavy atom. The summed E-state index contributed by atoms with van der Waals surface area (Å²) >= 11 is 18.2. The van der Waals surface area contributed by atoms with Crippen LogP contribution in [0.5, 0.6) is 0 Å². The van der Waals surface area contributed by atoms with E-state index in [9.17, 15) is 9.18 Å². The number of rotatable bonds is 3. The minimum Gasteiger partial charge on any atom is -0.307 e. The fraction of sp³-hybridized carbons (Fsp3) is 0.269. The highest BCUT2D eigenvalue weighted by atomic mass is 35.5. The quantitative estimate of drug-likeness (QED) is 0.393. The smallest absolute Gasteiger partial charge is 0.307 e. The van der Waals surface area contributed by atoms with Crippen molar-refractivity contribution in [1.82, 2.24) is 4.90 Å². The molecule has 1 spiro atoms. The van der Waals surface area contributed by atoms with Gasteiger partial charge in [-0.15, -0.1) is 0 Å². The maximum absolute atomic E-state index is 14.3. The number of hydrogen-bond donors (Lipinski definition) is 1. The molecule has 176 valence electrons. The average molecular weight is 519 g/mol. The van der Waals surface area contributed by atoms with Crippen molar-refractivity contribution in [3.8, 4) is 0 Å². The van der Waals surface area contributed by atoms with E-state index in [1.165, 1.54) is 11.6 Å².